The molecule has 0 radical (unpaired) electrons. The number of hydrogen-bond donors (Lipinski definition) is 3. The average Bonchev–Trinajstić information content (AvgIpc) is 3.17. The number of sulfonamides is 1. The minimum atomic E-state index is -3.57. The highest BCUT2D eigenvalue weighted by molar-refractivity contribution is 7.89. The second kappa shape index (κ2) is 7.94. The fourth-order valence-corrected chi connectivity index (χ4v) is 4.85. The summed E-state index contributed by atoms with van der Waals surface area (Å²) in [6.07, 6.45) is 3.81. The summed E-state index contributed by atoms with van der Waals surface area (Å²) < 4.78 is 26.8. The molecule has 1 fully saturated rings. The number of nitrogens with one attached hydrogen (secondary N) is 2. The molecule has 1 aliphatic heterocycles. The number of aromatic amines is 1. The fourth-order valence-electron chi connectivity index (χ4n) is 3.38. The Morgan fingerprint density at radius 2 is 1.93 bits per heavy atom. The maximum absolute atomic E-state index is 12.7. The number of rotatable bonds is 5. The number of aromatic nitrogens is 2. The van der Waals surface area contributed by atoms with Gasteiger partial charge >= 0.3 is 0 Å². The largest absolute Gasteiger partial charge is 0.393 e. The van der Waals surface area contributed by atoms with Crippen LogP contribution in [0.5, 0.6) is 0 Å². The van der Waals surface area contributed by atoms with Crippen molar-refractivity contribution in [2.45, 2.75) is 30.4 Å². The number of carbonyl (C=O) groups excluding carboxylic acids is 1. The second-order valence-corrected chi connectivity index (χ2v) is 9.05. The highest BCUT2D eigenvalue weighted by Crippen LogP contribution is 2.21. The molecule has 1 saturated heterocycles. The lowest BCUT2D eigenvalue weighted by Crippen LogP contribution is -2.39. The van der Waals surface area contributed by atoms with Gasteiger partial charge in [-0.05, 0) is 42.7 Å². The van der Waals surface area contributed by atoms with Crippen LogP contribution in [0, 0.1) is 0 Å². The van der Waals surface area contributed by atoms with E-state index in [-0.39, 0.29) is 17.3 Å². The van der Waals surface area contributed by atoms with E-state index in [9.17, 15) is 18.3 Å². The van der Waals surface area contributed by atoms with Crippen molar-refractivity contribution >= 4 is 26.8 Å². The lowest BCUT2D eigenvalue weighted by atomic mass is 10.1. The summed E-state index contributed by atoms with van der Waals surface area (Å²) in [4.78, 5) is 19.6. The van der Waals surface area contributed by atoms with Gasteiger partial charge in [-0.3, -0.25) is 9.78 Å². The van der Waals surface area contributed by atoms with E-state index in [1.54, 1.807) is 48.8 Å². The molecule has 8 nitrogen and oxygen atoms in total. The Hall–Kier alpha value is -2.75. The van der Waals surface area contributed by atoms with Crippen molar-refractivity contribution in [3.63, 3.8) is 0 Å². The zero-order chi connectivity index (χ0) is 20.4. The minimum absolute atomic E-state index is 0.215. The van der Waals surface area contributed by atoms with E-state index < -0.39 is 16.1 Å². The van der Waals surface area contributed by atoms with Crippen LogP contribution in [0.4, 0.5) is 0 Å². The zero-order valence-electron chi connectivity index (χ0n) is 15.7. The predicted molar refractivity (Wildman–Crippen MR) is 108 cm³/mol. The standard InChI is InChI=1S/C20H22N4O4S/c25-16-6-9-24(10-7-16)29(27,28)17-3-1-14(2-4-17)12-22-20(26)19-11-15-13-21-8-5-18(15)23-19/h1-5,8,11,13,16,23,25H,6-7,9-10,12H2,(H,22,26). The molecule has 1 aliphatic rings. The number of benzene rings is 1. The third kappa shape index (κ3) is 4.16. The molecule has 9 heteroatoms. The molecule has 4 rings (SSSR count). The van der Waals surface area contributed by atoms with Gasteiger partial charge < -0.3 is 15.4 Å². The molecule has 0 bridgehead atoms. The van der Waals surface area contributed by atoms with Crippen LogP contribution in [0.25, 0.3) is 10.9 Å². The molecule has 0 aliphatic carbocycles. The third-order valence-corrected chi connectivity index (χ3v) is 7.02. The first-order valence-electron chi connectivity index (χ1n) is 9.41. The van der Waals surface area contributed by atoms with Crippen LogP contribution >= 0.6 is 0 Å². The SMILES string of the molecule is O=C(NCc1ccc(S(=O)(=O)N2CCC(O)CC2)cc1)c1cc2cnccc2[nH]1. The van der Waals surface area contributed by atoms with E-state index in [4.69, 9.17) is 0 Å². The number of carbonyl (C=O) groups is 1. The molecule has 0 unspecified atom stereocenters. The second-order valence-electron chi connectivity index (χ2n) is 7.11. The fraction of sp³-hybridized carbons (Fsp3) is 0.300. The number of aliphatic hydroxyl groups is 1. The molecule has 29 heavy (non-hydrogen) atoms. The summed E-state index contributed by atoms with van der Waals surface area (Å²) in [7, 11) is -3.57. The van der Waals surface area contributed by atoms with Gasteiger partial charge in [0.05, 0.1) is 11.0 Å². The molecular formula is C20H22N4O4S. The summed E-state index contributed by atoms with van der Waals surface area (Å²) in [5, 5.41) is 13.2. The minimum Gasteiger partial charge on any atom is -0.393 e. The molecule has 3 aromatic rings. The summed E-state index contributed by atoms with van der Waals surface area (Å²) in [5.74, 6) is -0.246. The van der Waals surface area contributed by atoms with Gasteiger partial charge in [0, 0.05) is 42.9 Å². The Morgan fingerprint density at radius 3 is 2.62 bits per heavy atom. The Morgan fingerprint density at radius 1 is 1.21 bits per heavy atom. The number of fused-ring (bicyclic) bond motifs is 1. The van der Waals surface area contributed by atoms with Crippen molar-refractivity contribution < 1.29 is 18.3 Å². The lowest BCUT2D eigenvalue weighted by Gasteiger charge is -2.28. The van der Waals surface area contributed by atoms with Gasteiger partial charge in [0.15, 0.2) is 0 Å². The number of hydrogen-bond acceptors (Lipinski definition) is 5. The van der Waals surface area contributed by atoms with E-state index in [0.29, 0.717) is 31.6 Å². The first-order valence-corrected chi connectivity index (χ1v) is 10.9. The number of H-pyrrole nitrogens is 1. The molecule has 0 spiro atoms. The van der Waals surface area contributed by atoms with Crippen molar-refractivity contribution in [3.8, 4) is 0 Å². The molecule has 0 atom stereocenters. The van der Waals surface area contributed by atoms with Crippen molar-refractivity contribution in [1.82, 2.24) is 19.6 Å². The topological polar surface area (TPSA) is 115 Å². The third-order valence-electron chi connectivity index (χ3n) is 5.10. The van der Waals surface area contributed by atoms with Crippen LogP contribution in [0.1, 0.15) is 28.9 Å². The number of aliphatic hydroxyl groups excluding tert-OH is 1. The maximum Gasteiger partial charge on any atom is 0.267 e. The summed E-state index contributed by atoms with van der Waals surface area (Å²) >= 11 is 0. The van der Waals surface area contributed by atoms with E-state index in [2.05, 4.69) is 15.3 Å². The molecule has 0 saturated carbocycles. The van der Waals surface area contributed by atoms with Crippen LogP contribution in [0.15, 0.2) is 53.7 Å². The molecule has 152 valence electrons. The Bertz CT molecular complexity index is 1080. The van der Waals surface area contributed by atoms with Crippen molar-refractivity contribution in [2.24, 2.45) is 0 Å². The van der Waals surface area contributed by atoms with Gasteiger partial charge in [-0.25, -0.2) is 8.42 Å². The van der Waals surface area contributed by atoms with Crippen LogP contribution < -0.4 is 5.32 Å². The van der Waals surface area contributed by atoms with E-state index in [1.807, 2.05) is 0 Å². The van der Waals surface area contributed by atoms with Crippen LogP contribution in [-0.2, 0) is 16.6 Å². The van der Waals surface area contributed by atoms with Gasteiger partial charge in [-0.1, -0.05) is 12.1 Å². The summed E-state index contributed by atoms with van der Waals surface area (Å²) in [6.45, 7) is 0.922. The number of pyridine rings is 1. The van der Waals surface area contributed by atoms with Gasteiger partial charge in [-0.15, -0.1) is 0 Å². The first kappa shape index (κ1) is 19.6. The van der Waals surface area contributed by atoms with Crippen LogP contribution in [0.3, 0.4) is 0 Å². The van der Waals surface area contributed by atoms with Gasteiger partial charge in [0.2, 0.25) is 10.0 Å². The normalized spacial score (nSPS) is 16.2. The maximum atomic E-state index is 12.7. The zero-order valence-corrected chi connectivity index (χ0v) is 16.5. The smallest absolute Gasteiger partial charge is 0.267 e. The van der Waals surface area contributed by atoms with Gasteiger partial charge in [-0.2, -0.15) is 4.31 Å². The molecule has 3 N–H and O–H groups in total. The van der Waals surface area contributed by atoms with Crippen molar-refractivity contribution in [1.29, 1.82) is 0 Å². The molecular weight excluding hydrogens is 392 g/mol. The van der Waals surface area contributed by atoms with E-state index in [0.717, 1.165) is 16.5 Å². The van der Waals surface area contributed by atoms with E-state index >= 15 is 0 Å². The average molecular weight is 414 g/mol. The van der Waals surface area contributed by atoms with Gasteiger partial charge in [0.1, 0.15) is 5.69 Å². The van der Waals surface area contributed by atoms with Crippen LogP contribution in [-0.4, -0.2) is 52.9 Å². The first-order chi connectivity index (χ1) is 13.9. The lowest BCUT2D eigenvalue weighted by molar-refractivity contribution is 0.0946. The van der Waals surface area contributed by atoms with Gasteiger partial charge in [0.25, 0.3) is 5.91 Å². The quantitative estimate of drug-likeness (QED) is 0.587. The Kier molecular flexibility index (Phi) is 5.35. The van der Waals surface area contributed by atoms with E-state index in [1.165, 1.54) is 4.31 Å². The van der Waals surface area contributed by atoms with Crippen molar-refractivity contribution in [2.75, 3.05) is 13.1 Å². The highest BCUT2D eigenvalue weighted by atomic mass is 32.2. The van der Waals surface area contributed by atoms with Crippen molar-refractivity contribution in [3.05, 3.63) is 60.0 Å². The predicted octanol–water partition coefficient (Wildman–Crippen LogP) is 1.64. The Balaban J connectivity index is 1.39. The number of nitrogens with zero attached hydrogens (tertiary/aromatic N) is 2. The molecule has 1 aromatic carbocycles. The molecule has 2 aromatic heterocycles. The highest BCUT2D eigenvalue weighted by Gasteiger charge is 2.28. The Labute approximate surface area is 168 Å². The summed E-state index contributed by atoms with van der Waals surface area (Å²) in [6, 6.07) is 10.0. The summed E-state index contributed by atoms with van der Waals surface area (Å²) in [5.41, 5.74) is 2.08. The number of piperidine rings is 1. The molecule has 3 heterocycles. The van der Waals surface area contributed by atoms with Crippen LogP contribution in [0.2, 0.25) is 0 Å². The molecule has 1 amide bonds. The monoisotopic (exact) mass is 414 g/mol. The number of amides is 1.